The molecule has 12 aromatic rings. The third-order valence-corrected chi connectivity index (χ3v) is 11.1. The molecule has 0 aliphatic carbocycles. The fourth-order valence-corrected chi connectivity index (χ4v) is 8.41. The molecule has 6 heteroatoms. The lowest BCUT2D eigenvalue weighted by molar-refractivity contribution is 0.666. The molecule has 0 fully saturated rings. The SMILES string of the molecule is c1ccc(-c2ccc(-c3nc(-c4ccccc4)nc(-c4ccc(-n5c6ccccc6c6cc7oc8ccccc8c7cc65)c5oc6ccccc6c45)n3)cc2)cc1. The second-order valence-electron chi connectivity index (χ2n) is 14.4. The molecule has 0 atom stereocenters. The Kier molecular flexibility index (Phi) is 6.83. The van der Waals surface area contributed by atoms with Crippen LogP contribution in [0.25, 0.3) is 117 Å². The minimum atomic E-state index is 0.572. The molecule has 4 aromatic heterocycles. The van der Waals surface area contributed by atoms with Gasteiger partial charge in [-0.2, -0.15) is 0 Å². The van der Waals surface area contributed by atoms with Gasteiger partial charge in [0.15, 0.2) is 23.1 Å². The number of aromatic nitrogens is 4. The Bertz CT molecular complexity index is 3510. The van der Waals surface area contributed by atoms with E-state index in [-0.39, 0.29) is 0 Å². The van der Waals surface area contributed by atoms with E-state index in [4.69, 9.17) is 23.8 Å². The second-order valence-corrected chi connectivity index (χ2v) is 14.4. The largest absolute Gasteiger partial charge is 0.456 e. The smallest absolute Gasteiger partial charge is 0.164 e. The zero-order chi connectivity index (χ0) is 37.5. The summed E-state index contributed by atoms with van der Waals surface area (Å²) in [6.45, 7) is 0. The number of hydrogen-bond donors (Lipinski definition) is 0. The van der Waals surface area contributed by atoms with Crippen LogP contribution in [0.4, 0.5) is 0 Å². The third kappa shape index (κ3) is 4.94. The van der Waals surface area contributed by atoms with E-state index in [1.807, 2.05) is 60.7 Å². The predicted molar refractivity (Wildman–Crippen MR) is 230 cm³/mol. The molecule has 0 N–H and O–H groups in total. The van der Waals surface area contributed by atoms with Crippen LogP contribution in [0.2, 0.25) is 0 Å². The molecule has 12 rings (SSSR count). The predicted octanol–water partition coefficient (Wildman–Crippen LogP) is 13.4. The molecule has 57 heavy (non-hydrogen) atoms. The highest BCUT2D eigenvalue weighted by atomic mass is 16.3. The summed E-state index contributed by atoms with van der Waals surface area (Å²) >= 11 is 0. The average Bonchev–Trinajstić information content (AvgIpc) is 3.95. The number of rotatable bonds is 5. The molecule has 0 bridgehead atoms. The Morgan fingerprint density at radius 1 is 0.351 bits per heavy atom. The first-order valence-corrected chi connectivity index (χ1v) is 19.0. The van der Waals surface area contributed by atoms with Crippen molar-refractivity contribution in [2.75, 3.05) is 0 Å². The van der Waals surface area contributed by atoms with E-state index in [1.54, 1.807) is 0 Å². The van der Waals surface area contributed by atoms with E-state index in [1.165, 1.54) is 0 Å². The molecule has 0 aliphatic rings. The molecule has 266 valence electrons. The molecule has 0 spiro atoms. The van der Waals surface area contributed by atoms with Crippen LogP contribution in [0.15, 0.2) is 191 Å². The van der Waals surface area contributed by atoms with Crippen molar-refractivity contribution in [3.63, 3.8) is 0 Å². The van der Waals surface area contributed by atoms with E-state index in [0.29, 0.717) is 17.5 Å². The molecule has 0 unspecified atom stereocenters. The molecule has 0 saturated heterocycles. The van der Waals surface area contributed by atoms with Crippen molar-refractivity contribution in [3.05, 3.63) is 182 Å². The maximum absolute atomic E-state index is 6.88. The highest BCUT2D eigenvalue weighted by Gasteiger charge is 2.23. The van der Waals surface area contributed by atoms with Crippen LogP contribution in [-0.2, 0) is 0 Å². The zero-order valence-electron chi connectivity index (χ0n) is 30.4. The van der Waals surface area contributed by atoms with Crippen molar-refractivity contribution in [1.82, 2.24) is 19.5 Å². The molecule has 4 heterocycles. The number of hydrogen-bond acceptors (Lipinski definition) is 5. The molecular formula is C51H30N4O2. The molecule has 0 radical (unpaired) electrons. The van der Waals surface area contributed by atoms with Crippen LogP contribution in [0.5, 0.6) is 0 Å². The van der Waals surface area contributed by atoms with Crippen LogP contribution < -0.4 is 0 Å². The molecule has 0 saturated carbocycles. The van der Waals surface area contributed by atoms with Crippen molar-refractivity contribution in [1.29, 1.82) is 0 Å². The normalized spacial score (nSPS) is 11.9. The number of fused-ring (bicyclic) bond motifs is 9. The molecular weight excluding hydrogens is 701 g/mol. The summed E-state index contributed by atoms with van der Waals surface area (Å²) in [6.07, 6.45) is 0. The fraction of sp³-hybridized carbons (Fsp3) is 0. The standard InChI is InChI=1S/C51H30N4O2/c1-3-13-31(14-4-1)32-23-25-34(26-24-32)50-52-49(33-15-5-2-6-16-33)53-51(54-50)38-27-28-42(48-47(38)37-19-9-12-22-45(37)57-48)55-41-20-10-7-17-35(41)39-30-46-40(29-43(39)55)36-18-8-11-21-44(36)56-46/h1-30H. The monoisotopic (exact) mass is 730 g/mol. The number of para-hydroxylation sites is 3. The summed E-state index contributed by atoms with van der Waals surface area (Å²) in [5.41, 5.74) is 11.3. The van der Waals surface area contributed by atoms with Crippen LogP contribution in [0.1, 0.15) is 0 Å². The molecule has 8 aromatic carbocycles. The van der Waals surface area contributed by atoms with E-state index in [2.05, 4.69) is 126 Å². The summed E-state index contributed by atoms with van der Waals surface area (Å²) in [5, 5.41) is 6.34. The van der Waals surface area contributed by atoms with Crippen LogP contribution >= 0.6 is 0 Å². The number of furan rings is 2. The van der Waals surface area contributed by atoms with Gasteiger partial charge in [0.25, 0.3) is 0 Å². The van der Waals surface area contributed by atoms with Crippen LogP contribution in [-0.4, -0.2) is 19.5 Å². The van der Waals surface area contributed by atoms with Crippen molar-refractivity contribution in [3.8, 4) is 51.0 Å². The lowest BCUT2D eigenvalue weighted by Gasteiger charge is -2.13. The Labute approximate surface area is 325 Å². The molecule has 0 amide bonds. The lowest BCUT2D eigenvalue weighted by Crippen LogP contribution is -2.01. The maximum atomic E-state index is 6.88. The first-order valence-electron chi connectivity index (χ1n) is 19.0. The van der Waals surface area contributed by atoms with Gasteiger partial charge < -0.3 is 13.4 Å². The highest BCUT2D eigenvalue weighted by Crippen LogP contribution is 2.43. The van der Waals surface area contributed by atoms with Crippen molar-refractivity contribution in [2.45, 2.75) is 0 Å². The first kappa shape index (κ1) is 31.5. The van der Waals surface area contributed by atoms with Gasteiger partial charge in [0.05, 0.1) is 16.7 Å². The third-order valence-electron chi connectivity index (χ3n) is 11.1. The van der Waals surface area contributed by atoms with Gasteiger partial charge in [-0.3, -0.25) is 0 Å². The van der Waals surface area contributed by atoms with E-state index >= 15 is 0 Å². The maximum Gasteiger partial charge on any atom is 0.164 e. The summed E-state index contributed by atoms with van der Waals surface area (Å²) in [7, 11) is 0. The van der Waals surface area contributed by atoms with Gasteiger partial charge in [0.1, 0.15) is 16.7 Å². The summed E-state index contributed by atoms with van der Waals surface area (Å²) < 4.78 is 15.6. The van der Waals surface area contributed by atoms with Crippen LogP contribution in [0, 0.1) is 0 Å². The Morgan fingerprint density at radius 3 is 1.67 bits per heavy atom. The van der Waals surface area contributed by atoms with Gasteiger partial charge in [0, 0.05) is 49.0 Å². The highest BCUT2D eigenvalue weighted by molar-refractivity contribution is 6.19. The average molecular weight is 731 g/mol. The Balaban J connectivity index is 1.11. The minimum absolute atomic E-state index is 0.572. The van der Waals surface area contributed by atoms with Crippen LogP contribution in [0.3, 0.4) is 0 Å². The first-order chi connectivity index (χ1) is 28.2. The van der Waals surface area contributed by atoms with Crippen molar-refractivity contribution in [2.24, 2.45) is 0 Å². The van der Waals surface area contributed by atoms with E-state index < -0.39 is 0 Å². The quantitative estimate of drug-likeness (QED) is 0.176. The molecule has 6 nitrogen and oxygen atoms in total. The number of benzene rings is 8. The topological polar surface area (TPSA) is 69.9 Å². The number of nitrogens with zero attached hydrogens (tertiary/aromatic N) is 4. The fourth-order valence-electron chi connectivity index (χ4n) is 8.41. The lowest BCUT2D eigenvalue weighted by atomic mass is 10.0. The van der Waals surface area contributed by atoms with Crippen molar-refractivity contribution < 1.29 is 8.83 Å². The zero-order valence-corrected chi connectivity index (χ0v) is 30.4. The van der Waals surface area contributed by atoms with Gasteiger partial charge in [-0.1, -0.05) is 140 Å². The van der Waals surface area contributed by atoms with E-state index in [0.717, 1.165) is 99.2 Å². The van der Waals surface area contributed by atoms with Gasteiger partial charge in [-0.25, -0.2) is 15.0 Å². The Morgan fingerprint density at radius 2 is 0.912 bits per heavy atom. The second kappa shape index (κ2) is 12.3. The van der Waals surface area contributed by atoms with Gasteiger partial charge in [-0.15, -0.1) is 0 Å². The van der Waals surface area contributed by atoms with Gasteiger partial charge in [0.2, 0.25) is 0 Å². The van der Waals surface area contributed by atoms with Crippen molar-refractivity contribution >= 4 is 65.7 Å². The van der Waals surface area contributed by atoms with Gasteiger partial charge in [-0.05, 0) is 53.6 Å². The summed E-state index contributed by atoms with van der Waals surface area (Å²) in [5.74, 6) is 1.77. The summed E-state index contributed by atoms with van der Waals surface area (Å²) in [6, 6.07) is 62.6. The minimum Gasteiger partial charge on any atom is -0.456 e. The van der Waals surface area contributed by atoms with E-state index in [9.17, 15) is 0 Å². The van der Waals surface area contributed by atoms with Gasteiger partial charge >= 0.3 is 0 Å². The Hall–Kier alpha value is -7.83. The molecule has 0 aliphatic heterocycles. The summed E-state index contributed by atoms with van der Waals surface area (Å²) in [4.78, 5) is 15.4.